The fraction of sp³-hybridized carbons (Fsp3) is 0.520. The van der Waals surface area contributed by atoms with Crippen LogP contribution in [0.4, 0.5) is 0 Å². The van der Waals surface area contributed by atoms with Crippen LogP contribution in [0, 0.1) is 5.41 Å². The number of ether oxygens (including phenoxy) is 1. The second-order valence-electron chi connectivity index (χ2n) is 9.65. The smallest absolute Gasteiger partial charge is 0.119 e. The van der Waals surface area contributed by atoms with Gasteiger partial charge in [0.1, 0.15) is 18.5 Å². The van der Waals surface area contributed by atoms with Crippen LogP contribution in [-0.4, -0.2) is 24.4 Å². The first-order chi connectivity index (χ1) is 13.1. The standard InChI is InChI=1S/C25H37NO2/c1-19(20-10-8-7-9-11-20)26-16-22(27)17-28-23-14-12-21(13-15-23)25(5,6)18-24(2,3)4/h7-15,19,22,26-27H,16-18H2,1-6H3. The summed E-state index contributed by atoms with van der Waals surface area (Å²) in [6.45, 7) is 14.3. The van der Waals surface area contributed by atoms with Crippen molar-refractivity contribution in [3.63, 3.8) is 0 Å². The quantitative estimate of drug-likeness (QED) is 0.601. The highest BCUT2D eigenvalue weighted by Gasteiger charge is 2.27. The number of hydrogen-bond acceptors (Lipinski definition) is 3. The molecule has 154 valence electrons. The first kappa shape index (κ1) is 22.4. The molecule has 0 aliphatic rings. The number of rotatable bonds is 9. The third-order valence-corrected chi connectivity index (χ3v) is 5.01. The monoisotopic (exact) mass is 383 g/mol. The van der Waals surface area contributed by atoms with Crippen LogP contribution < -0.4 is 10.1 Å². The minimum atomic E-state index is -0.553. The Hall–Kier alpha value is -1.84. The van der Waals surface area contributed by atoms with Gasteiger partial charge in [-0.15, -0.1) is 0 Å². The predicted molar refractivity (Wildman–Crippen MR) is 118 cm³/mol. The van der Waals surface area contributed by atoms with E-state index >= 15 is 0 Å². The van der Waals surface area contributed by atoms with Gasteiger partial charge >= 0.3 is 0 Å². The van der Waals surface area contributed by atoms with E-state index in [-0.39, 0.29) is 23.5 Å². The molecule has 0 aliphatic heterocycles. The summed E-state index contributed by atoms with van der Waals surface area (Å²) < 4.78 is 5.78. The molecule has 0 saturated carbocycles. The van der Waals surface area contributed by atoms with Crippen molar-refractivity contribution in [3.05, 3.63) is 65.7 Å². The molecule has 2 atom stereocenters. The summed E-state index contributed by atoms with van der Waals surface area (Å²) >= 11 is 0. The van der Waals surface area contributed by atoms with Gasteiger partial charge in [0.2, 0.25) is 0 Å². The lowest BCUT2D eigenvalue weighted by Crippen LogP contribution is -2.33. The zero-order valence-electron chi connectivity index (χ0n) is 18.3. The van der Waals surface area contributed by atoms with Crippen LogP contribution in [0.3, 0.4) is 0 Å². The minimum absolute atomic E-state index is 0.119. The van der Waals surface area contributed by atoms with Crippen molar-refractivity contribution in [1.82, 2.24) is 5.32 Å². The third kappa shape index (κ3) is 7.29. The molecule has 0 spiro atoms. The van der Waals surface area contributed by atoms with Crippen LogP contribution in [0.5, 0.6) is 5.75 Å². The molecule has 3 nitrogen and oxygen atoms in total. The van der Waals surface area contributed by atoms with Gasteiger partial charge < -0.3 is 15.2 Å². The molecule has 0 bridgehead atoms. The van der Waals surface area contributed by atoms with Crippen LogP contribution in [-0.2, 0) is 5.41 Å². The normalized spacial score (nSPS) is 14.5. The van der Waals surface area contributed by atoms with Gasteiger partial charge in [-0.1, -0.05) is 77.1 Å². The van der Waals surface area contributed by atoms with E-state index in [0.717, 1.165) is 12.2 Å². The molecule has 3 heteroatoms. The number of benzene rings is 2. The Morgan fingerprint density at radius 1 is 0.929 bits per heavy atom. The number of aliphatic hydroxyl groups is 1. The summed E-state index contributed by atoms with van der Waals surface area (Å²) in [4.78, 5) is 0. The van der Waals surface area contributed by atoms with Crippen LogP contribution in [0.25, 0.3) is 0 Å². The Labute approximate surface area is 171 Å². The Bertz CT molecular complexity index is 702. The first-order valence-corrected chi connectivity index (χ1v) is 10.3. The summed E-state index contributed by atoms with van der Waals surface area (Å²) in [5.74, 6) is 0.797. The topological polar surface area (TPSA) is 41.5 Å². The maximum atomic E-state index is 10.2. The van der Waals surface area contributed by atoms with Crippen LogP contribution in [0.2, 0.25) is 0 Å². The van der Waals surface area contributed by atoms with Gasteiger partial charge in [-0.2, -0.15) is 0 Å². The molecule has 0 aliphatic carbocycles. The van der Waals surface area contributed by atoms with E-state index in [0.29, 0.717) is 6.54 Å². The number of aliphatic hydroxyl groups excluding tert-OH is 1. The molecule has 2 aromatic rings. The van der Waals surface area contributed by atoms with Gasteiger partial charge in [-0.05, 0) is 47.4 Å². The molecule has 28 heavy (non-hydrogen) atoms. The van der Waals surface area contributed by atoms with Gasteiger partial charge in [0.05, 0.1) is 0 Å². The molecule has 2 N–H and O–H groups in total. The molecular weight excluding hydrogens is 346 g/mol. The van der Waals surface area contributed by atoms with Crippen molar-refractivity contribution in [3.8, 4) is 5.75 Å². The lowest BCUT2D eigenvalue weighted by atomic mass is 9.72. The molecule has 0 saturated heterocycles. The second-order valence-corrected chi connectivity index (χ2v) is 9.65. The van der Waals surface area contributed by atoms with E-state index in [1.165, 1.54) is 11.1 Å². The summed E-state index contributed by atoms with van der Waals surface area (Å²) in [5, 5.41) is 13.6. The molecule has 0 radical (unpaired) electrons. The molecule has 2 aromatic carbocycles. The van der Waals surface area contributed by atoms with Crippen molar-refractivity contribution >= 4 is 0 Å². The summed E-state index contributed by atoms with van der Waals surface area (Å²) in [6, 6.07) is 18.7. The van der Waals surface area contributed by atoms with Crippen LogP contribution in [0.1, 0.15) is 65.1 Å². The number of hydrogen-bond donors (Lipinski definition) is 2. The highest BCUT2D eigenvalue weighted by molar-refractivity contribution is 5.31. The Kier molecular flexibility index (Phi) is 7.68. The average Bonchev–Trinajstić information content (AvgIpc) is 2.63. The molecule has 0 amide bonds. The van der Waals surface area contributed by atoms with Crippen molar-refractivity contribution in [1.29, 1.82) is 0 Å². The van der Waals surface area contributed by atoms with E-state index in [9.17, 15) is 5.11 Å². The van der Waals surface area contributed by atoms with E-state index in [4.69, 9.17) is 4.74 Å². The third-order valence-electron chi connectivity index (χ3n) is 5.01. The summed E-state index contributed by atoms with van der Waals surface area (Å²) in [6.07, 6.45) is 0.563. The van der Waals surface area contributed by atoms with Gasteiger partial charge in [0.15, 0.2) is 0 Å². The zero-order chi connectivity index (χ0) is 20.8. The largest absolute Gasteiger partial charge is 0.491 e. The van der Waals surface area contributed by atoms with Gasteiger partial charge in [-0.3, -0.25) is 0 Å². The molecule has 0 fully saturated rings. The van der Waals surface area contributed by atoms with Gasteiger partial charge in [0, 0.05) is 12.6 Å². The Morgan fingerprint density at radius 2 is 1.54 bits per heavy atom. The lowest BCUT2D eigenvalue weighted by Gasteiger charge is -2.33. The van der Waals surface area contributed by atoms with E-state index in [2.05, 4.69) is 71.1 Å². The van der Waals surface area contributed by atoms with Gasteiger partial charge in [0.25, 0.3) is 0 Å². The maximum Gasteiger partial charge on any atom is 0.119 e. The SMILES string of the molecule is CC(NCC(O)COc1ccc(C(C)(C)CC(C)(C)C)cc1)c1ccccc1. The molecular formula is C25H37NO2. The highest BCUT2D eigenvalue weighted by atomic mass is 16.5. The fourth-order valence-electron chi connectivity index (χ4n) is 3.85. The Balaban J connectivity index is 1.81. The van der Waals surface area contributed by atoms with E-state index in [1.807, 2.05) is 30.3 Å². The molecule has 2 rings (SSSR count). The van der Waals surface area contributed by atoms with Gasteiger partial charge in [-0.25, -0.2) is 0 Å². The minimum Gasteiger partial charge on any atom is -0.491 e. The predicted octanol–water partition coefficient (Wildman–Crippen LogP) is 5.49. The van der Waals surface area contributed by atoms with Crippen molar-refractivity contribution in [2.24, 2.45) is 5.41 Å². The van der Waals surface area contributed by atoms with Crippen molar-refractivity contribution in [2.75, 3.05) is 13.2 Å². The lowest BCUT2D eigenvalue weighted by molar-refractivity contribution is 0.104. The van der Waals surface area contributed by atoms with Crippen molar-refractivity contribution < 1.29 is 9.84 Å². The maximum absolute atomic E-state index is 10.2. The van der Waals surface area contributed by atoms with Crippen LogP contribution in [0.15, 0.2) is 54.6 Å². The highest BCUT2D eigenvalue weighted by Crippen LogP contribution is 2.36. The van der Waals surface area contributed by atoms with E-state index in [1.54, 1.807) is 0 Å². The van der Waals surface area contributed by atoms with Crippen molar-refractivity contribution in [2.45, 2.75) is 65.5 Å². The number of nitrogens with one attached hydrogen (secondary N) is 1. The summed E-state index contributed by atoms with van der Waals surface area (Å²) in [7, 11) is 0. The van der Waals surface area contributed by atoms with E-state index < -0.39 is 6.10 Å². The summed E-state index contributed by atoms with van der Waals surface area (Å²) in [5.41, 5.74) is 2.93. The second kappa shape index (κ2) is 9.58. The van der Waals surface area contributed by atoms with Crippen LogP contribution >= 0.6 is 0 Å². The Morgan fingerprint density at radius 3 is 2.11 bits per heavy atom. The molecule has 2 unspecified atom stereocenters. The fourth-order valence-corrected chi connectivity index (χ4v) is 3.85. The average molecular weight is 384 g/mol. The first-order valence-electron chi connectivity index (χ1n) is 10.3. The zero-order valence-corrected chi connectivity index (χ0v) is 18.3. The molecule has 0 aromatic heterocycles. The molecule has 0 heterocycles.